The van der Waals surface area contributed by atoms with Gasteiger partial charge in [-0.15, -0.1) is 0 Å². The topological polar surface area (TPSA) is 18.5 Å². The highest BCUT2D eigenvalue weighted by Gasteiger charge is 2.10. The van der Waals surface area contributed by atoms with Gasteiger partial charge in [0.25, 0.3) is 0 Å². The van der Waals surface area contributed by atoms with Gasteiger partial charge in [-0.1, -0.05) is 50.1 Å². The summed E-state index contributed by atoms with van der Waals surface area (Å²) in [6.45, 7) is 2.39. The molecule has 1 atom stereocenters. The van der Waals surface area contributed by atoms with E-state index >= 15 is 0 Å². The molecule has 0 aliphatic carbocycles. The summed E-state index contributed by atoms with van der Waals surface area (Å²) in [6.07, 6.45) is 3.13. The van der Waals surface area contributed by atoms with E-state index in [1.807, 2.05) is 0 Å². The first-order valence-electron chi connectivity index (χ1n) is 6.64. The van der Waals surface area contributed by atoms with Gasteiger partial charge in [0.2, 0.25) is 0 Å². The molecule has 0 aromatic heterocycles. The number of hydrogen-bond acceptors (Lipinski definition) is 2. The van der Waals surface area contributed by atoms with Crippen molar-refractivity contribution in [1.82, 2.24) is 0 Å². The average molecular weight is 394 g/mol. The quantitative estimate of drug-likeness (QED) is 0.432. The van der Waals surface area contributed by atoms with E-state index in [4.69, 9.17) is 9.47 Å². The van der Waals surface area contributed by atoms with E-state index in [2.05, 4.69) is 56.1 Å². The number of methoxy groups -OCH3 is 1. The van der Waals surface area contributed by atoms with Crippen molar-refractivity contribution in [3.8, 4) is 0 Å². The highest BCUT2D eigenvalue weighted by molar-refractivity contribution is 9.10. The summed E-state index contributed by atoms with van der Waals surface area (Å²) in [6, 6.07) is 8.42. The zero-order valence-corrected chi connectivity index (χ0v) is 14.6. The van der Waals surface area contributed by atoms with E-state index in [1.54, 1.807) is 7.11 Å². The van der Waals surface area contributed by atoms with Crippen LogP contribution in [0.2, 0.25) is 0 Å². The molecule has 0 aliphatic heterocycles. The van der Waals surface area contributed by atoms with Crippen LogP contribution in [0.4, 0.5) is 0 Å². The molecule has 1 aromatic rings. The molecule has 0 amide bonds. The summed E-state index contributed by atoms with van der Waals surface area (Å²) >= 11 is 7.20. The number of hydrogen-bond donors (Lipinski definition) is 0. The number of halogens is 2. The molecule has 19 heavy (non-hydrogen) atoms. The van der Waals surface area contributed by atoms with Gasteiger partial charge in [0, 0.05) is 36.7 Å². The summed E-state index contributed by atoms with van der Waals surface area (Å²) in [5.41, 5.74) is 1.37. The lowest BCUT2D eigenvalue weighted by Crippen LogP contribution is -2.11. The lowest BCUT2D eigenvalue weighted by Gasteiger charge is -2.15. The van der Waals surface area contributed by atoms with Gasteiger partial charge in [-0.05, 0) is 36.8 Å². The highest BCUT2D eigenvalue weighted by atomic mass is 79.9. The lowest BCUT2D eigenvalue weighted by atomic mass is 9.98. The zero-order valence-electron chi connectivity index (χ0n) is 11.4. The van der Waals surface area contributed by atoms with Crippen molar-refractivity contribution in [3.05, 3.63) is 34.3 Å². The van der Waals surface area contributed by atoms with Gasteiger partial charge in [-0.2, -0.15) is 0 Å². The molecule has 1 aromatic carbocycles. The third kappa shape index (κ3) is 7.45. The fourth-order valence-corrected chi connectivity index (χ4v) is 2.87. The third-order valence-corrected chi connectivity index (χ3v) is 4.68. The number of benzene rings is 1. The monoisotopic (exact) mass is 392 g/mol. The fourth-order valence-electron chi connectivity index (χ4n) is 1.87. The lowest BCUT2D eigenvalue weighted by molar-refractivity contribution is 0.0953. The van der Waals surface area contributed by atoms with E-state index in [0.29, 0.717) is 5.92 Å². The Bertz CT molecular complexity index is 345. The second-order valence-electron chi connectivity index (χ2n) is 4.56. The molecular formula is C15H22Br2O2. The van der Waals surface area contributed by atoms with Crippen LogP contribution in [-0.2, 0) is 15.9 Å². The smallest absolute Gasteiger partial charge is 0.0487 e. The second kappa shape index (κ2) is 10.8. The van der Waals surface area contributed by atoms with Crippen molar-refractivity contribution in [2.75, 3.05) is 32.3 Å². The minimum atomic E-state index is 0.612. The number of ether oxygens (including phenoxy) is 2. The molecule has 0 saturated heterocycles. The van der Waals surface area contributed by atoms with E-state index < -0.39 is 0 Å². The molecule has 1 rings (SSSR count). The Balaban J connectivity index is 2.24. The average Bonchev–Trinajstić information content (AvgIpc) is 2.43. The predicted octanol–water partition coefficient (Wildman–Crippen LogP) is 4.45. The Labute approximate surface area is 133 Å². The van der Waals surface area contributed by atoms with E-state index in [-0.39, 0.29) is 0 Å². The summed E-state index contributed by atoms with van der Waals surface area (Å²) < 4.78 is 11.8. The minimum absolute atomic E-state index is 0.612. The molecule has 0 fully saturated rings. The summed E-state index contributed by atoms with van der Waals surface area (Å²) in [4.78, 5) is 0. The van der Waals surface area contributed by atoms with E-state index in [0.717, 1.165) is 44.4 Å². The van der Waals surface area contributed by atoms with Crippen LogP contribution < -0.4 is 0 Å². The van der Waals surface area contributed by atoms with Crippen LogP contribution in [0.25, 0.3) is 0 Å². The van der Waals surface area contributed by atoms with Gasteiger partial charge in [0.1, 0.15) is 0 Å². The Morgan fingerprint density at radius 3 is 2.63 bits per heavy atom. The van der Waals surface area contributed by atoms with Crippen LogP contribution in [-0.4, -0.2) is 32.3 Å². The van der Waals surface area contributed by atoms with Gasteiger partial charge in [-0.3, -0.25) is 0 Å². The normalized spacial score (nSPS) is 12.6. The Morgan fingerprint density at radius 2 is 1.95 bits per heavy atom. The van der Waals surface area contributed by atoms with Crippen molar-refractivity contribution in [1.29, 1.82) is 0 Å². The molecule has 0 radical (unpaired) electrons. The van der Waals surface area contributed by atoms with Crippen molar-refractivity contribution in [2.45, 2.75) is 19.3 Å². The van der Waals surface area contributed by atoms with Gasteiger partial charge in [0.05, 0.1) is 0 Å². The molecule has 1 unspecified atom stereocenters. The standard InChI is InChI=1S/C15H22Br2O2/c1-18-8-4-9-19-10-7-13(12-16)11-14-5-2-3-6-15(14)17/h2-3,5-6,13H,4,7-12H2,1H3. The third-order valence-electron chi connectivity index (χ3n) is 2.99. The highest BCUT2D eigenvalue weighted by Crippen LogP contribution is 2.22. The maximum absolute atomic E-state index is 5.62. The van der Waals surface area contributed by atoms with Crippen molar-refractivity contribution in [2.24, 2.45) is 5.92 Å². The predicted molar refractivity (Wildman–Crippen MR) is 87.1 cm³/mol. The van der Waals surface area contributed by atoms with E-state index in [1.165, 1.54) is 10.0 Å². The number of rotatable bonds is 10. The first-order valence-corrected chi connectivity index (χ1v) is 8.55. The van der Waals surface area contributed by atoms with Crippen LogP contribution >= 0.6 is 31.9 Å². The van der Waals surface area contributed by atoms with Crippen LogP contribution in [0.15, 0.2) is 28.7 Å². The molecule has 0 N–H and O–H groups in total. The molecule has 0 bridgehead atoms. The molecule has 4 heteroatoms. The molecule has 0 aliphatic rings. The molecule has 0 saturated carbocycles. The van der Waals surface area contributed by atoms with Gasteiger partial charge in [-0.25, -0.2) is 0 Å². The SMILES string of the molecule is COCCCOCCC(CBr)Cc1ccccc1Br. The van der Waals surface area contributed by atoms with Gasteiger partial charge in [0.15, 0.2) is 0 Å². The minimum Gasteiger partial charge on any atom is -0.385 e. The Morgan fingerprint density at radius 1 is 1.16 bits per heavy atom. The maximum Gasteiger partial charge on any atom is 0.0487 e. The summed E-state index contributed by atoms with van der Waals surface area (Å²) in [5, 5.41) is 1.01. The first kappa shape index (κ1) is 17.2. The summed E-state index contributed by atoms with van der Waals surface area (Å²) in [5.74, 6) is 0.612. The number of alkyl halides is 1. The van der Waals surface area contributed by atoms with Crippen LogP contribution in [0.1, 0.15) is 18.4 Å². The van der Waals surface area contributed by atoms with Crippen molar-refractivity contribution >= 4 is 31.9 Å². The Kier molecular flexibility index (Phi) is 9.78. The van der Waals surface area contributed by atoms with Crippen LogP contribution in [0.5, 0.6) is 0 Å². The molecule has 2 nitrogen and oxygen atoms in total. The molecule has 108 valence electrons. The maximum atomic E-state index is 5.62. The molecular weight excluding hydrogens is 372 g/mol. The van der Waals surface area contributed by atoms with E-state index in [9.17, 15) is 0 Å². The molecule has 0 spiro atoms. The first-order chi connectivity index (χ1) is 9.27. The van der Waals surface area contributed by atoms with Crippen molar-refractivity contribution in [3.63, 3.8) is 0 Å². The zero-order chi connectivity index (χ0) is 13.9. The molecule has 0 heterocycles. The Hall–Kier alpha value is 0.1000. The second-order valence-corrected chi connectivity index (χ2v) is 6.07. The van der Waals surface area contributed by atoms with Crippen molar-refractivity contribution < 1.29 is 9.47 Å². The van der Waals surface area contributed by atoms with Gasteiger partial charge < -0.3 is 9.47 Å². The van der Waals surface area contributed by atoms with Crippen LogP contribution in [0, 0.1) is 5.92 Å². The largest absolute Gasteiger partial charge is 0.385 e. The fraction of sp³-hybridized carbons (Fsp3) is 0.600. The summed E-state index contributed by atoms with van der Waals surface area (Å²) in [7, 11) is 1.72. The van der Waals surface area contributed by atoms with Gasteiger partial charge >= 0.3 is 0 Å². The van der Waals surface area contributed by atoms with Crippen LogP contribution in [0.3, 0.4) is 0 Å².